The van der Waals surface area contributed by atoms with Crippen LogP contribution in [-0.2, 0) is 9.53 Å². The smallest absolute Gasteiger partial charge is 0.254 e. The summed E-state index contributed by atoms with van der Waals surface area (Å²) in [6.07, 6.45) is 0.798. The number of rotatable bonds is 1. The van der Waals surface area contributed by atoms with Crippen molar-refractivity contribution in [2.75, 3.05) is 19.7 Å². The van der Waals surface area contributed by atoms with Gasteiger partial charge in [-0.1, -0.05) is 12.1 Å². The summed E-state index contributed by atoms with van der Waals surface area (Å²) in [7, 11) is 0. The third kappa shape index (κ3) is 2.65. The van der Waals surface area contributed by atoms with Gasteiger partial charge in [-0.25, -0.2) is 0 Å². The molecule has 2 heterocycles. The molecule has 5 heteroatoms. The van der Waals surface area contributed by atoms with Crippen LogP contribution >= 0.6 is 0 Å². The summed E-state index contributed by atoms with van der Waals surface area (Å²) < 4.78 is 5.52. The summed E-state index contributed by atoms with van der Waals surface area (Å²) in [6.45, 7) is 5.30. The number of hydrogen-bond donors (Lipinski definition) is 1. The molecule has 2 amide bonds. The molecule has 21 heavy (non-hydrogen) atoms. The van der Waals surface area contributed by atoms with Gasteiger partial charge >= 0.3 is 0 Å². The summed E-state index contributed by atoms with van der Waals surface area (Å²) in [6, 6.07) is 5.70. The molecule has 5 nitrogen and oxygen atoms in total. The Hall–Kier alpha value is -1.88. The van der Waals surface area contributed by atoms with Gasteiger partial charge in [0.1, 0.15) is 6.61 Å². The number of likely N-dealkylation sites (tertiary alicyclic amines) is 1. The van der Waals surface area contributed by atoms with Crippen molar-refractivity contribution in [2.24, 2.45) is 0 Å². The van der Waals surface area contributed by atoms with E-state index in [0.717, 1.165) is 23.1 Å². The van der Waals surface area contributed by atoms with E-state index < -0.39 is 0 Å². The molecule has 0 aliphatic carbocycles. The normalized spacial score (nSPS) is 25.2. The maximum absolute atomic E-state index is 12.7. The van der Waals surface area contributed by atoms with Crippen LogP contribution in [-0.4, -0.2) is 48.6 Å². The van der Waals surface area contributed by atoms with Gasteiger partial charge in [0.25, 0.3) is 5.91 Å². The fraction of sp³-hybridized carbons (Fsp3) is 0.500. The first-order chi connectivity index (χ1) is 10.1. The van der Waals surface area contributed by atoms with Gasteiger partial charge in [-0.15, -0.1) is 0 Å². The summed E-state index contributed by atoms with van der Waals surface area (Å²) in [5.74, 6) is -0.0632. The lowest BCUT2D eigenvalue weighted by molar-refractivity contribution is -0.139. The van der Waals surface area contributed by atoms with Gasteiger partial charge in [-0.3, -0.25) is 9.59 Å². The zero-order valence-corrected chi connectivity index (χ0v) is 12.4. The molecule has 2 fully saturated rings. The maximum atomic E-state index is 12.7. The van der Waals surface area contributed by atoms with Crippen LogP contribution in [0, 0.1) is 13.8 Å². The first-order valence-electron chi connectivity index (χ1n) is 7.32. The average molecular weight is 288 g/mol. The van der Waals surface area contributed by atoms with E-state index >= 15 is 0 Å². The number of nitrogens with one attached hydrogen (secondary N) is 1. The van der Waals surface area contributed by atoms with E-state index in [1.165, 1.54) is 0 Å². The summed E-state index contributed by atoms with van der Waals surface area (Å²) in [4.78, 5) is 25.9. The second-order valence-electron chi connectivity index (χ2n) is 5.81. The topological polar surface area (TPSA) is 58.6 Å². The Morgan fingerprint density at radius 2 is 2.19 bits per heavy atom. The molecule has 3 rings (SSSR count). The number of nitrogens with zero attached hydrogens (tertiary/aromatic N) is 1. The maximum Gasteiger partial charge on any atom is 0.254 e. The van der Waals surface area contributed by atoms with Gasteiger partial charge in [0.05, 0.1) is 12.1 Å². The minimum atomic E-state index is -0.0997. The quantitative estimate of drug-likeness (QED) is 0.840. The number of aryl methyl sites for hydroxylation is 1. The number of benzene rings is 1. The lowest BCUT2D eigenvalue weighted by Gasteiger charge is -2.41. The van der Waals surface area contributed by atoms with E-state index in [1.54, 1.807) is 0 Å². The average Bonchev–Trinajstić information content (AvgIpc) is 2.48. The standard InChI is InChI=1S/C16H20N2O3/c1-10-4-3-5-12(11(10)2)16(20)18-7-6-14-13(8-18)17-15(19)9-21-14/h3-5,13-14H,6-9H2,1-2H3,(H,17,19)/t13-,14-/m0/s1. The highest BCUT2D eigenvalue weighted by atomic mass is 16.5. The van der Waals surface area contributed by atoms with Gasteiger partial charge in [-0.05, 0) is 37.5 Å². The van der Waals surface area contributed by atoms with Crippen molar-refractivity contribution >= 4 is 11.8 Å². The van der Waals surface area contributed by atoms with E-state index in [4.69, 9.17) is 4.74 Å². The summed E-state index contributed by atoms with van der Waals surface area (Å²) in [5, 5.41) is 2.92. The Morgan fingerprint density at radius 3 is 3.00 bits per heavy atom. The van der Waals surface area contributed by atoms with Gasteiger partial charge in [-0.2, -0.15) is 0 Å². The molecule has 0 unspecified atom stereocenters. The predicted molar refractivity (Wildman–Crippen MR) is 78.1 cm³/mol. The van der Waals surface area contributed by atoms with Crippen LogP contribution in [0.2, 0.25) is 0 Å². The van der Waals surface area contributed by atoms with Crippen LogP contribution in [0.25, 0.3) is 0 Å². The van der Waals surface area contributed by atoms with E-state index in [9.17, 15) is 9.59 Å². The Balaban J connectivity index is 1.76. The van der Waals surface area contributed by atoms with Crippen molar-refractivity contribution in [1.29, 1.82) is 0 Å². The minimum Gasteiger partial charge on any atom is -0.366 e. The number of hydrogen-bond acceptors (Lipinski definition) is 3. The molecule has 0 saturated carbocycles. The second kappa shape index (κ2) is 5.48. The molecular formula is C16H20N2O3. The van der Waals surface area contributed by atoms with Crippen molar-refractivity contribution < 1.29 is 14.3 Å². The molecular weight excluding hydrogens is 268 g/mol. The third-order valence-electron chi connectivity index (χ3n) is 4.45. The fourth-order valence-corrected chi connectivity index (χ4v) is 3.04. The van der Waals surface area contributed by atoms with Gasteiger partial charge in [0, 0.05) is 18.7 Å². The highest BCUT2D eigenvalue weighted by Gasteiger charge is 2.36. The number of amides is 2. The van der Waals surface area contributed by atoms with Crippen LogP contribution in [0.15, 0.2) is 18.2 Å². The van der Waals surface area contributed by atoms with Gasteiger partial charge < -0.3 is 15.0 Å². The highest BCUT2D eigenvalue weighted by Crippen LogP contribution is 2.21. The van der Waals surface area contributed by atoms with Crippen LogP contribution < -0.4 is 5.32 Å². The highest BCUT2D eigenvalue weighted by molar-refractivity contribution is 5.96. The summed E-state index contributed by atoms with van der Waals surface area (Å²) >= 11 is 0. The molecule has 112 valence electrons. The molecule has 0 aromatic heterocycles. The molecule has 2 aliphatic rings. The van der Waals surface area contributed by atoms with Crippen molar-refractivity contribution in [2.45, 2.75) is 32.4 Å². The number of piperidine rings is 1. The zero-order valence-electron chi connectivity index (χ0n) is 12.4. The summed E-state index contributed by atoms with van der Waals surface area (Å²) in [5.41, 5.74) is 2.88. The Morgan fingerprint density at radius 1 is 1.38 bits per heavy atom. The molecule has 1 N–H and O–H groups in total. The number of fused-ring (bicyclic) bond motifs is 1. The lowest BCUT2D eigenvalue weighted by Crippen LogP contribution is -2.61. The third-order valence-corrected chi connectivity index (χ3v) is 4.45. The number of carbonyl (C=O) groups is 2. The van der Waals surface area contributed by atoms with E-state index in [0.29, 0.717) is 13.1 Å². The minimum absolute atomic E-state index is 0.0327. The second-order valence-corrected chi connectivity index (χ2v) is 5.81. The van der Waals surface area contributed by atoms with Gasteiger partial charge in [0.15, 0.2) is 0 Å². The van der Waals surface area contributed by atoms with Gasteiger partial charge in [0.2, 0.25) is 5.91 Å². The van der Waals surface area contributed by atoms with Crippen molar-refractivity contribution in [3.8, 4) is 0 Å². The molecule has 1 aromatic carbocycles. The van der Waals surface area contributed by atoms with Crippen molar-refractivity contribution in [3.05, 3.63) is 34.9 Å². The zero-order chi connectivity index (χ0) is 15.0. The Labute approximate surface area is 124 Å². The SMILES string of the molecule is Cc1cccc(C(=O)N2CC[C@@H]3OCC(=O)N[C@H]3C2)c1C. The van der Waals surface area contributed by atoms with E-state index in [1.807, 2.05) is 36.9 Å². The molecule has 2 atom stereocenters. The number of carbonyl (C=O) groups excluding carboxylic acids is 2. The molecule has 2 aliphatic heterocycles. The van der Waals surface area contributed by atoms with Crippen LogP contribution in [0.5, 0.6) is 0 Å². The fourth-order valence-electron chi connectivity index (χ4n) is 3.04. The van der Waals surface area contributed by atoms with Crippen molar-refractivity contribution in [1.82, 2.24) is 10.2 Å². The van der Waals surface area contributed by atoms with Crippen LogP contribution in [0.1, 0.15) is 27.9 Å². The largest absolute Gasteiger partial charge is 0.366 e. The monoisotopic (exact) mass is 288 g/mol. The number of morpholine rings is 1. The molecule has 0 bridgehead atoms. The first kappa shape index (κ1) is 14.1. The van der Waals surface area contributed by atoms with Crippen LogP contribution in [0.3, 0.4) is 0 Å². The molecule has 1 aromatic rings. The Kier molecular flexibility index (Phi) is 3.68. The van der Waals surface area contributed by atoms with Crippen LogP contribution in [0.4, 0.5) is 0 Å². The Bertz CT molecular complexity index is 585. The molecule has 0 spiro atoms. The van der Waals surface area contributed by atoms with E-state index in [-0.39, 0.29) is 30.6 Å². The van der Waals surface area contributed by atoms with Crippen molar-refractivity contribution in [3.63, 3.8) is 0 Å². The molecule has 2 saturated heterocycles. The predicted octanol–water partition coefficient (Wildman–Crippen LogP) is 1.03. The first-order valence-corrected chi connectivity index (χ1v) is 7.32. The number of ether oxygens (including phenoxy) is 1. The molecule has 0 radical (unpaired) electrons. The lowest BCUT2D eigenvalue weighted by atomic mass is 9.97. The van der Waals surface area contributed by atoms with E-state index in [2.05, 4.69) is 5.32 Å².